The maximum Gasteiger partial charge on any atom is 0.265 e. The Morgan fingerprint density at radius 2 is 1.93 bits per heavy atom. The van der Waals surface area contributed by atoms with Crippen molar-refractivity contribution in [1.29, 1.82) is 0 Å². The Morgan fingerprint density at radius 1 is 1.26 bits per heavy atom. The van der Waals surface area contributed by atoms with E-state index in [-0.39, 0.29) is 24.2 Å². The number of aryl methyl sites for hydroxylation is 1. The van der Waals surface area contributed by atoms with Gasteiger partial charge >= 0.3 is 0 Å². The van der Waals surface area contributed by atoms with E-state index in [0.29, 0.717) is 37.2 Å². The summed E-state index contributed by atoms with van der Waals surface area (Å²) in [5.74, 6) is -0.465. The lowest BCUT2D eigenvalue weighted by Crippen LogP contribution is -2.41. The van der Waals surface area contributed by atoms with Crippen molar-refractivity contribution in [3.8, 4) is 0 Å². The number of nitrogens with zero attached hydrogens (tertiary/aromatic N) is 2. The molecule has 0 spiro atoms. The summed E-state index contributed by atoms with van der Waals surface area (Å²) < 4.78 is 13.5. The van der Waals surface area contributed by atoms with E-state index in [4.69, 9.17) is 4.84 Å². The van der Waals surface area contributed by atoms with Gasteiger partial charge in [-0.15, -0.1) is 0 Å². The molecule has 1 aliphatic heterocycles. The van der Waals surface area contributed by atoms with Gasteiger partial charge in [0.15, 0.2) is 6.61 Å². The summed E-state index contributed by atoms with van der Waals surface area (Å²) in [4.78, 5) is 31.2. The van der Waals surface area contributed by atoms with Crippen LogP contribution in [0.4, 0.5) is 10.1 Å². The third kappa shape index (κ3) is 6.05. The van der Waals surface area contributed by atoms with Gasteiger partial charge in [0.1, 0.15) is 5.82 Å². The molecule has 0 aliphatic carbocycles. The minimum absolute atomic E-state index is 0.0926. The zero-order chi connectivity index (χ0) is 19.8. The van der Waals surface area contributed by atoms with Crippen molar-refractivity contribution in [2.75, 3.05) is 25.0 Å². The second-order valence-electron chi connectivity index (χ2n) is 6.78. The lowest BCUT2D eigenvalue weighted by molar-refractivity contribution is -0.135. The molecule has 0 atom stereocenters. The number of benzene rings is 1. The van der Waals surface area contributed by atoms with Crippen LogP contribution in [-0.4, -0.2) is 42.1 Å². The minimum Gasteiger partial charge on any atom is -0.386 e. The van der Waals surface area contributed by atoms with Gasteiger partial charge in [0, 0.05) is 37.5 Å². The van der Waals surface area contributed by atoms with E-state index < -0.39 is 5.91 Å². The molecule has 0 bridgehead atoms. The Morgan fingerprint density at radius 3 is 2.52 bits per heavy atom. The largest absolute Gasteiger partial charge is 0.386 e. The first kappa shape index (κ1) is 20.9. The minimum atomic E-state index is -0.399. The molecule has 1 aromatic rings. The molecule has 6 nitrogen and oxygen atoms in total. The highest BCUT2D eigenvalue weighted by molar-refractivity contribution is 5.92. The highest BCUT2D eigenvalue weighted by Crippen LogP contribution is 2.16. The fourth-order valence-corrected chi connectivity index (χ4v) is 3.02. The number of likely N-dealkylation sites (tertiary alicyclic amines) is 1. The number of halogens is 1. The molecule has 1 saturated heterocycles. The predicted molar refractivity (Wildman–Crippen MR) is 103 cm³/mol. The number of carbonyl (C=O) groups excluding carboxylic acids is 2. The van der Waals surface area contributed by atoms with Gasteiger partial charge < -0.3 is 15.1 Å². The number of piperidine rings is 1. The fourth-order valence-electron chi connectivity index (χ4n) is 3.02. The molecule has 1 fully saturated rings. The maximum absolute atomic E-state index is 13.5. The smallest absolute Gasteiger partial charge is 0.265 e. The lowest BCUT2D eigenvalue weighted by atomic mass is 9.99. The number of amides is 2. The van der Waals surface area contributed by atoms with Crippen LogP contribution in [0.1, 0.15) is 45.1 Å². The van der Waals surface area contributed by atoms with Crippen LogP contribution >= 0.6 is 0 Å². The topological polar surface area (TPSA) is 71.0 Å². The monoisotopic (exact) mass is 377 g/mol. The fraction of sp³-hybridized carbons (Fsp3) is 0.550. The molecular weight excluding hydrogens is 349 g/mol. The molecule has 148 valence electrons. The van der Waals surface area contributed by atoms with Crippen molar-refractivity contribution in [2.24, 2.45) is 11.1 Å². The first-order valence-electron chi connectivity index (χ1n) is 9.47. The summed E-state index contributed by atoms with van der Waals surface area (Å²) in [5.41, 5.74) is 1.75. The highest BCUT2D eigenvalue weighted by atomic mass is 19.1. The average molecular weight is 377 g/mol. The third-order valence-electron chi connectivity index (χ3n) is 4.83. The summed E-state index contributed by atoms with van der Waals surface area (Å²) in [6.45, 7) is 6.75. The molecule has 0 radical (unpaired) electrons. The molecule has 2 rings (SSSR count). The predicted octanol–water partition coefficient (Wildman–Crippen LogP) is 3.50. The van der Waals surface area contributed by atoms with Gasteiger partial charge in [-0.1, -0.05) is 25.1 Å². The zero-order valence-electron chi connectivity index (χ0n) is 16.3. The molecule has 1 N–H and O–H groups in total. The van der Waals surface area contributed by atoms with E-state index in [9.17, 15) is 14.0 Å². The Bertz CT molecular complexity index is 692. The second kappa shape index (κ2) is 10.0. The molecule has 0 aromatic heterocycles. The first-order valence-corrected chi connectivity index (χ1v) is 9.47. The Labute approximate surface area is 159 Å². The summed E-state index contributed by atoms with van der Waals surface area (Å²) in [6, 6.07) is 4.50. The van der Waals surface area contributed by atoms with E-state index in [1.54, 1.807) is 19.1 Å². The number of hydrogen-bond acceptors (Lipinski definition) is 4. The van der Waals surface area contributed by atoms with E-state index in [0.717, 1.165) is 18.6 Å². The number of nitrogens with one attached hydrogen (secondary N) is 1. The van der Waals surface area contributed by atoms with Crippen LogP contribution < -0.4 is 5.32 Å². The first-order chi connectivity index (χ1) is 12.9. The van der Waals surface area contributed by atoms with Crippen molar-refractivity contribution in [3.63, 3.8) is 0 Å². The zero-order valence-corrected chi connectivity index (χ0v) is 16.3. The van der Waals surface area contributed by atoms with Gasteiger partial charge in [-0.05, 0) is 37.5 Å². The van der Waals surface area contributed by atoms with Gasteiger partial charge in [0.25, 0.3) is 5.91 Å². The maximum atomic E-state index is 13.5. The normalized spacial score (nSPS) is 14.3. The average Bonchev–Trinajstić information content (AvgIpc) is 2.66. The number of oxime groups is 1. The van der Waals surface area contributed by atoms with Gasteiger partial charge in [-0.25, -0.2) is 4.39 Å². The molecular formula is C20H28FN3O3. The van der Waals surface area contributed by atoms with Gasteiger partial charge in [0.2, 0.25) is 5.91 Å². The summed E-state index contributed by atoms with van der Waals surface area (Å²) in [7, 11) is 0. The number of rotatable bonds is 7. The van der Waals surface area contributed by atoms with Crippen LogP contribution in [0.3, 0.4) is 0 Å². The van der Waals surface area contributed by atoms with Crippen LogP contribution in [0.15, 0.2) is 23.4 Å². The van der Waals surface area contributed by atoms with Gasteiger partial charge in [0.05, 0.1) is 5.71 Å². The van der Waals surface area contributed by atoms with E-state index in [2.05, 4.69) is 10.5 Å². The number of hydrogen-bond donors (Lipinski definition) is 1. The Kier molecular flexibility index (Phi) is 7.76. The molecule has 0 unspecified atom stereocenters. The standard InChI is InChI=1S/C20H28FN3O3/c1-4-15(5-2)20(26)24-10-8-16(9-11-24)23-27-13-19(25)22-17-7-6-14(3)18(21)12-17/h6-7,12,15H,4-5,8-11,13H2,1-3H3,(H,22,25). The molecule has 1 aromatic carbocycles. The van der Waals surface area contributed by atoms with Crippen molar-refractivity contribution >= 4 is 23.2 Å². The summed E-state index contributed by atoms with van der Waals surface area (Å²) >= 11 is 0. The number of anilines is 1. The Hall–Kier alpha value is -2.44. The van der Waals surface area contributed by atoms with E-state index in [1.807, 2.05) is 18.7 Å². The molecule has 0 saturated carbocycles. The molecule has 7 heteroatoms. The van der Waals surface area contributed by atoms with Crippen LogP contribution in [0.2, 0.25) is 0 Å². The van der Waals surface area contributed by atoms with Crippen molar-refractivity contribution in [1.82, 2.24) is 4.90 Å². The van der Waals surface area contributed by atoms with Gasteiger partial charge in [-0.2, -0.15) is 0 Å². The highest BCUT2D eigenvalue weighted by Gasteiger charge is 2.24. The molecule has 1 heterocycles. The van der Waals surface area contributed by atoms with E-state index in [1.165, 1.54) is 6.07 Å². The second-order valence-corrected chi connectivity index (χ2v) is 6.78. The van der Waals surface area contributed by atoms with Crippen molar-refractivity contribution in [2.45, 2.75) is 46.5 Å². The molecule has 2 amide bonds. The van der Waals surface area contributed by atoms with Crippen LogP contribution in [0, 0.1) is 18.7 Å². The lowest BCUT2D eigenvalue weighted by Gasteiger charge is -2.30. The van der Waals surface area contributed by atoms with E-state index >= 15 is 0 Å². The van der Waals surface area contributed by atoms with Crippen LogP contribution in [0.5, 0.6) is 0 Å². The third-order valence-corrected chi connectivity index (χ3v) is 4.83. The quantitative estimate of drug-likeness (QED) is 0.739. The summed E-state index contributed by atoms with van der Waals surface area (Å²) in [5, 5.41) is 6.59. The molecule has 27 heavy (non-hydrogen) atoms. The van der Waals surface area contributed by atoms with Crippen molar-refractivity contribution < 1.29 is 18.8 Å². The molecule has 1 aliphatic rings. The SMILES string of the molecule is CCC(CC)C(=O)N1CCC(=NOCC(=O)Nc2ccc(C)c(F)c2)CC1. The Balaban J connectivity index is 1.75. The summed E-state index contributed by atoms with van der Waals surface area (Å²) in [6.07, 6.45) is 3.01. The number of carbonyl (C=O) groups is 2. The van der Waals surface area contributed by atoms with Crippen LogP contribution in [-0.2, 0) is 14.4 Å². The van der Waals surface area contributed by atoms with Crippen LogP contribution in [0.25, 0.3) is 0 Å². The van der Waals surface area contributed by atoms with Gasteiger partial charge in [-0.3, -0.25) is 9.59 Å². The van der Waals surface area contributed by atoms with Crippen molar-refractivity contribution in [3.05, 3.63) is 29.6 Å².